The predicted molar refractivity (Wildman–Crippen MR) is 324 cm³/mol. The van der Waals surface area contributed by atoms with Crippen LogP contribution >= 0.6 is 0 Å². The summed E-state index contributed by atoms with van der Waals surface area (Å²) in [6.07, 6.45) is 80.6. The highest BCUT2D eigenvalue weighted by Crippen LogP contribution is 2.18. The van der Waals surface area contributed by atoms with Gasteiger partial charge in [-0.3, -0.25) is 9.59 Å². The van der Waals surface area contributed by atoms with Crippen LogP contribution in [0.25, 0.3) is 0 Å². The van der Waals surface area contributed by atoms with Crippen LogP contribution in [0.15, 0.2) is 36.5 Å². The second-order valence-electron chi connectivity index (χ2n) is 22.8. The molecule has 0 aliphatic heterocycles. The summed E-state index contributed by atoms with van der Waals surface area (Å²) in [5.74, 6) is -0.0742. The lowest BCUT2D eigenvalue weighted by Crippen LogP contribution is -2.45. The molecule has 0 radical (unpaired) electrons. The fraction of sp³-hybridized carbons (Fsp3) is 0.882. The van der Waals surface area contributed by atoms with Gasteiger partial charge in [-0.15, -0.1) is 0 Å². The molecule has 0 rings (SSSR count). The Morgan fingerprint density at radius 2 is 0.703 bits per heavy atom. The van der Waals surface area contributed by atoms with Crippen molar-refractivity contribution in [3.8, 4) is 0 Å². The molecule has 0 heterocycles. The number of unbranched alkanes of at least 4 members (excludes halogenated alkanes) is 47. The van der Waals surface area contributed by atoms with Gasteiger partial charge in [-0.05, 0) is 57.8 Å². The van der Waals surface area contributed by atoms with Crippen LogP contribution in [0.2, 0.25) is 0 Å². The normalized spacial score (nSPS) is 12.8. The molecule has 2 atom stereocenters. The lowest BCUT2D eigenvalue weighted by Gasteiger charge is -2.20. The van der Waals surface area contributed by atoms with Crippen molar-refractivity contribution >= 4 is 11.9 Å². The van der Waals surface area contributed by atoms with Crippen LogP contribution in [0.1, 0.15) is 361 Å². The quantitative estimate of drug-likeness (QED) is 0.0320. The van der Waals surface area contributed by atoms with E-state index in [1.807, 2.05) is 6.08 Å². The van der Waals surface area contributed by atoms with Gasteiger partial charge in [-0.1, -0.05) is 326 Å². The number of carbonyl (C=O) groups is 2. The maximum absolute atomic E-state index is 12.5. The first-order valence-corrected chi connectivity index (χ1v) is 33.3. The van der Waals surface area contributed by atoms with Gasteiger partial charge in [0.1, 0.15) is 0 Å². The Bertz CT molecular complexity index is 1200. The Morgan fingerprint density at radius 3 is 1.08 bits per heavy atom. The molecule has 0 aliphatic carbocycles. The summed E-state index contributed by atoms with van der Waals surface area (Å²) >= 11 is 0. The van der Waals surface area contributed by atoms with Gasteiger partial charge in [-0.2, -0.15) is 0 Å². The Balaban J connectivity index is 3.44. The number of esters is 1. The van der Waals surface area contributed by atoms with Gasteiger partial charge in [0.25, 0.3) is 0 Å². The van der Waals surface area contributed by atoms with Gasteiger partial charge in [-0.25, -0.2) is 0 Å². The van der Waals surface area contributed by atoms with Crippen molar-refractivity contribution in [3.05, 3.63) is 36.5 Å². The number of carbonyl (C=O) groups excluding carboxylic acids is 2. The summed E-state index contributed by atoms with van der Waals surface area (Å²) in [7, 11) is 0. The zero-order valence-electron chi connectivity index (χ0n) is 49.8. The largest absolute Gasteiger partial charge is 0.466 e. The first-order chi connectivity index (χ1) is 36.5. The number of hydrogen-bond acceptors (Lipinski definition) is 5. The molecule has 1 amide bonds. The summed E-state index contributed by atoms with van der Waals surface area (Å²) in [6.45, 7) is 4.85. The van der Waals surface area contributed by atoms with Crippen LogP contribution < -0.4 is 5.32 Å². The van der Waals surface area contributed by atoms with Crippen LogP contribution in [0, 0.1) is 0 Å². The summed E-state index contributed by atoms with van der Waals surface area (Å²) in [6, 6.07) is -0.632. The fourth-order valence-corrected chi connectivity index (χ4v) is 10.3. The highest BCUT2D eigenvalue weighted by Gasteiger charge is 2.18. The molecule has 6 nitrogen and oxygen atoms in total. The standard InChI is InChI=1S/C68H129NO5/c1-3-5-7-9-11-13-15-17-18-19-20-21-22-23-24-25-27-30-33-37-40-44-48-52-56-60-66(71)65(64-70)69-67(72)61-57-53-49-45-41-38-34-31-28-26-29-32-35-39-43-47-51-55-59-63-74-68(73)62-58-54-50-46-42-36-16-14-12-10-8-6-4-2/h8,10,14,16,56,60,65-66,70-71H,3-7,9,11-13,15,17-55,57-59,61-64H2,1-2H3,(H,69,72)/b10-8-,16-14-,60-56+. The van der Waals surface area contributed by atoms with E-state index in [9.17, 15) is 19.8 Å². The maximum Gasteiger partial charge on any atom is 0.305 e. The van der Waals surface area contributed by atoms with E-state index in [1.165, 1.54) is 283 Å². The minimum atomic E-state index is -0.849. The average Bonchev–Trinajstić information content (AvgIpc) is 3.40. The molecule has 0 saturated carbocycles. The number of amides is 1. The monoisotopic (exact) mass is 1040 g/mol. The van der Waals surface area contributed by atoms with Gasteiger partial charge < -0.3 is 20.3 Å². The Morgan fingerprint density at radius 1 is 0.378 bits per heavy atom. The minimum Gasteiger partial charge on any atom is -0.466 e. The van der Waals surface area contributed by atoms with Crippen molar-refractivity contribution in [1.82, 2.24) is 5.32 Å². The molecular weight excluding hydrogens is 911 g/mol. The third-order valence-electron chi connectivity index (χ3n) is 15.4. The van der Waals surface area contributed by atoms with Crippen LogP contribution in [-0.2, 0) is 14.3 Å². The number of nitrogens with one attached hydrogen (secondary N) is 1. The van der Waals surface area contributed by atoms with Gasteiger partial charge in [0.15, 0.2) is 0 Å². The third kappa shape index (κ3) is 59.3. The van der Waals surface area contributed by atoms with Crippen molar-refractivity contribution in [2.24, 2.45) is 0 Å². The number of aliphatic hydroxyl groups is 2. The predicted octanol–water partition coefficient (Wildman–Crippen LogP) is 21.1. The molecule has 0 aliphatic rings. The fourth-order valence-electron chi connectivity index (χ4n) is 10.3. The highest BCUT2D eigenvalue weighted by molar-refractivity contribution is 5.76. The number of allylic oxidation sites excluding steroid dienone is 5. The molecule has 2 unspecified atom stereocenters. The van der Waals surface area contributed by atoms with Gasteiger partial charge in [0.2, 0.25) is 5.91 Å². The van der Waals surface area contributed by atoms with Crippen molar-refractivity contribution in [2.75, 3.05) is 13.2 Å². The van der Waals surface area contributed by atoms with E-state index in [0.29, 0.717) is 19.4 Å². The number of ether oxygens (including phenoxy) is 1. The second kappa shape index (κ2) is 63.6. The van der Waals surface area contributed by atoms with E-state index in [0.717, 1.165) is 51.4 Å². The molecule has 0 spiro atoms. The first-order valence-electron chi connectivity index (χ1n) is 33.3. The van der Waals surface area contributed by atoms with Crippen LogP contribution in [0.4, 0.5) is 0 Å². The molecule has 0 bridgehead atoms. The van der Waals surface area contributed by atoms with Crippen molar-refractivity contribution < 1.29 is 24.5 Å². The molecule has 0 aromatic heterocycles. The minimum absolute atomic E-state index is 0.00658. The summed E-state index contributed by atoms with van der Waals surface area (Å²) < 4.78 is 5.47. The van der Waals surface area contributed by atoms with Crippen molar-refractivity contribution in [1.29, 1.82) is 0 Å². The van der Waals surface area contributed by atoms with E-state index >= 15 is 0 Å². The van der Waals surface area contributed by atoms with E-state index in [-0.39, 0.29) is 18.5 Å². The maximum atomic E-state index is 12.5. The molecular formula is C68H129NO5. The molecule has 0 aromatic rings. The summed E-state index contributed by atoms with van der Waals surface area (Å²) in [5.41, 5.74) is 0. The molecule has 0 saturated heterocycles. The van der Waals surface area contributed by atoms with Gasteiger partial charge in [0.05, 0.1) is 25.4 Å². The number of hydrogen-bond donors (Lipinski definition) is 3. The van der Waals surface area contributed by atoms with Gasteiger partial charge in [0, 0.05) is 12.8 Å². The summed E-state index contributed by atoms with van der Waals surface area (Å²) in [4.78, 5) is 24.6. The molecule has 6 heteroatoms. The molecule has 436 valence electrons. The highest BCUT2D eigenvalue weighted by atomic mass is 16.5. The van der Waals surface area contributed by atoms with E-state index in [4.69, 9.17) is 4.74 Å². The van der Waals surface area contributed by atoms with E-state index in [2.05, 4.69) is 43.5 Å². The van der Waals surface area contributed by atoms with Crippen LogP contribution in [0.5, 0.6) is 0 Å². The Labute approximate surface area is 462 Å². The Hall–Kier alpha value is -1.92. The second-order valence-corrected chi connectivity index (χ2v) is 22.8. The van der Waals surface area contributed by atoms with Crippen molar-refractivity contribution in [2.45, 2.75) is 373 Å². The number of aliphatic hydroxyl groups excluding tert-OH is 2. The molecule has 0 fully saturated rings. The third-order valence-corrected chi connectivity index (χ3v) is 15.4. The van der Waals surface area contributed by atoms with E-state index < -0.39 is 12.1 Å². The van der Waals surface area contributed by atoms with Gasteiger partial charge >= 0.3 is 5.97 Å². The zero-order valence-corrected chi connectivity index (χ0v) is 49.8. The molecule has 3 N–H and O–H groups in total. The summed E-state index contributed by atoms with van der Waals surface area (Å²) in [5, 5.41) is 23.3. The lowest BCUT2D eigenvalue weighted by molar-refractivity contribution is -0.143. The van der Waals surface area contributed by atoms with Crippen LogP contribution in [0.3, 0.4) is 0 Å². The molecule has 74 heavy (non-hydrogen) atoms. The topological polar surface area (TPSA) is 95.9 Å². The SMILES string of the molecule is CCC/C=C\C/C=C\CCCCCCCC(=O)OCCCCCCCCCCCCCCCCCCCCCC(=O)NC(CO)C(O)/C=C/CCCCCCCCCCCCCCCCCCCCCCCCC. The first kappa shape index (κ1) is 72.1. The smallest absolute Gasteiger partial charge is 0.305 e. The van der Waals surface area contributed by atoms with Crippen molar-refractivity contribution in [3.63, 3.8) is 0 Å². The van der Waals surface area contributed by atoms with Crippen LogP contribution in [-0.4, -0.2) is 47.4 Å². The Kier molecular flexibility index (Phi) is 62.0. The van der Waals surface area contributed by atoms with E-state index in [1.54, 1.807) is 6.08 Å². The average molecular weight is 1040 g/mol. The molecule has 0 aromatic carbocycles. The number of rotatable bonds is 62. The zero-order chi connectivity index (χ0) is 53.6. The lowest BCUT2D eigenvalue weighted by atomic mass is 10.0.